The van der Waals surface area contributed by atoms with Crippen molar-refractivity contribution in [2.45, 2.75) is 4.90 Å². The van der Waals surface area contributed by atoms with Crippen LogP contribution in [0.15, 0.2) is 17.2 Å². The van der Waals surface area contributed by atoms with Crippen molar-refractivity contribution in [3.63, 3.8) is 0 Å². The molecule has 0 saturated heterocycles. The molecular weight excluding hydrogens is 288 g/mol. The average molecular weight is 299 g/mol. The summed E-state index contributed by atoms with van der Waals surface area (Å²) >= 11 is 0. The second-order valence-electron chi connectivity index (χ2n) is 3.22. The number of aromatic nitrogens is 1. The predicted molar refractivity (Wildman–Crippen MR) is 65.1 cm³/mol. The quantitative estimate of drug-likeness (QED) is 0.751. The molecule has 1 heterocycles. The van der Waals surface area contributed by atoms with Crippen LogP contribution in [-0.2, 0) is 19.9 Å². The monoisotopic (exact) mass is 298 g/mol. The van der Waals surface area contributed by atoms with Gasteiger partial charge in [-0.05, 0) is 6.07 Å². The molecule has 17 heavy (non-hydrogen) atoms. The fourth-order valence-electron chi connectivity index (χ4n) is 1.05. The van der Waals surface area contributed by atoms with Crippen LogP contribution in [0.1, 0.15) is 10.5 Å². The highest BCUT2D eigenvalue weighted by atomic mass is 35.7. The number of rotatable bonds is 5. The number of halogens is 1. The van der Waals surface area contributed by atoms with Gasteiger partial charge in [0, 0.05) is 46.2 Å². The van der Waals surface area contributed by atoms with Gasteiger partial charge in [0.25, 0.3) is 15.0 Å². The van der Waals surface area contributed by atoms with Gasteiger partial charge in [-0.25, -0.2) is 8.42 Å². The lowest BCUT2D eigenvalue weighted by atomic mass is 10.4. The molecule has 0 aliphatic carbocycles. The topological polar surface area (TPSA) is 96.1 Å². The van der Waals surface area contributed by atoms with E-state index in [-0.39, 0.29) is 17.1 Å². The Morgan fingerprint density at radius 3 is 2.71 bits per heavy atom. The molecule has 96 valence electrons. The number of nitrogens with one attached hydrogen (secondary N) is 2. The Balaban J connectivity index is 2.65. The Morgan fingerprint density at radius 2 is 2.24 bits per heavy atom. The highest BCUT2D eigenvalue weighted by molar-refractivity contribution is 8.13. The van der Waals surface area contributed by atoms with Gasteiger partial charge in [0.05, 0.1) is 0 Å². The second-order valence-corrected chi connectivity index (χ2v) is 7.34. The minimum atomic E-state index is -3.84. The van der Waals surface area contributed by atoms with Crippen molar-refractivity contribution in [1.82, 2.24) is 10.3 Å². The first kappa shape index (κ1) is 14.2. The lowest BCUT2D eigenvalue weighted by Gasteiger charge is -2.01. The molecule has 1 atom stereocenters. The van der Waals surface area contributed by atoms with Crippen molar-refractivity contribution in [3.8, 4) is 0 Å². The Hall–Kier alpha value is -0.860. The average Bonchev–Trinajstić information content (AvgIpc) is 2.64. The molecule has 0 saturated carbocycles. The fraction of sp³-hybridized carbons (Fsp3) is 0.375. The number of aromatic amines is 1. The van der Waals surface area contributed by atoms with Gasteiger partial charge in [0.1, 0.15) is 10.6 Å². The lowest BCUT2D eigenvalue weighted by Crippen LogP contribution is -2.27. The molecule has 0 fully saturated rings. The van der Waals surface area contributed by atoms with E-state index >= 15 is 0 Å². The third-order valence-electron chi connectivity index (χ3n) is 1.86. The van der Waals surface area contributed by atoms with Crippen LogP contribution in [0, 0.1) is 0 Å². The Kier molecular flexibility index (Phi) is 4.72. The maximum absolute atomic E-state index is 11.5. The number of carbonyl (C=O) groups excluding carboxylic acids is 1. The largest absolute Gasteiger partial charge is 0.356 e. The number of amides is 1. The number of H-pyrrole nitrogens is 1. The van der Waals surface area contributed by atoms with Crippen LogP contribution in [0.4, 0.5) is 0 Å². The normalized spacial score (nSPS) is 13.3. The van der Waals surface area contributed by atoms with Gasteiger partial charge < -0.3 is 10.3 Å². The molecule has 0 radical (unpaired) electrons. The van der Waals surface area contributed by atoms with Crippen LogP contribution in [-0.4, -0.2) is 42.1 Å². The van der Waals surface area contributed by atoms with Crippen LogP contribution >= 0.6 is 10.7 Å². The molecule has 6 nitrogen and oxygen atoms in total. The molecule has 0 aromatic carbocycles. The van der Waals surface area contributed by atoms with E-state index in [9.17, 15) is 17.4 Å². The zero-order valence-corrected chi connectivity index (χ0v) is 11.3. The summed E-state index contributed by atoms with van der Waals surface area (Å²) in [6.07, 6.45) is 2.66. The highest BCUT2D eigenvalue weighted by Crippen LogP contribution is 2.15. The molecule has 0 aliphatic heterocycles. The number of hydrogen-bond donors (Lipinski definition) is 2. The van der Waals surface area contributed by atoms with Gasteiger partial charge in [0.15, 0.2) is 0 Å². The molecule has 2 N–H and O–H groups in total. The first-order valence-electron chi connectivity index (χ1n) is 4.52. The third-order valence-corrected chi connectivity index (χ3v) is 3.97. The third kappa shape index (κ3) is 4.49. The zero-order valence-electron chi connectivity index (χ0n) is 8.90. The van der Waals surface area contributed by atoms with Gasteiger partial charge in [-0.15, -0.1) is 0 Å². The highest BCUT2D eigenvalue weighted by Gasteiger charge is 2.15. The number of carbonyl (C=O) groups is 1. The summed E-state index contributed by atoms with van der Waals surface area (Å²) in [6.45, 7) is 0.254. The Labute approximate surface area is 106 Å². The molecule has 1 rings (SSSR count). The van der Waals surface area contributed by atoms with E-state index < -0.39 is 25.8 Å². The molecular formula is C8H11ClN2O4S2. The van der Waals surface area contributed by atoms with E-state index in [1.54, 1.807) is 0 Å². The van der Waals surface area contributed by atoms with Crippen LogP contribution < -0.4 is 5.32 Å². The summed E-state index contributed by atoms with van der Waals surface area (Å²) in [5.41, 5.74) is 0.0890. The van der Waals surface area contributed by atoms with Crippen LogP contribution in [0.5, 0.6) is 0 Å². The van der Waals surface area contributed by atoms with E-state index in [4.69, 9.17) is 10.7 Å². The van der Waals surface area contributed by atoms with E-state index in [0.29, 0.717) is 5.75 Å². The first-order chi connectivity index (χ1) is 7.80. The minimum absolute atomic E-state index is 0.0890. The molecule has 1 unspecified atom stereocenters. The molecule has 1 aromatic rings. The van der Waals surface area contributed by atoms with E-state index in [1.165, 1.54) is 6.26 Å². The fourth-order valence-corrected chi connectivity index (χ4v) is 2.16. The summed E-state index contributed by atoms with van der Waals surface area (Å²) in [5, 5.41) is 2.49. The van der Waals surface area contributed by atoms with E-state index in [0.717, 1.165) is 12.3 Å². The smallest absolute Gasteiger partial charge is 0.267 e. The molecule has 1 aromatic heterocycles. The number of hydrogen-bond acceptors (Lipinski definition) is 4. The SMILES string of the molecule is CS(=O)CCNC(=O)c1cc(S(=O)(=O)Cl)c[nH]1. The second kappa shape index (κ2) is 5.65. The zero-order chi connectivity index (χ0) is 13.1. The van der Waals surface area contributed by atoms with Crippen LogP contribution in [0.2, 0.25) is 0 Å². The summed E-state index contributed by atoms with van der Waals surface area (Å²) in [7, 11) is 0.277. The van der Waals surface area contributed by atoms with Crippen molar-refractivity contribution >= 4 is 36.4 Å². The van der Waals surface area contributed by atoms with Crippen molar-refractivity contribution in [3.05, 3.63) is 18.0 Å². The van der Waals surface area contributed by atoms with Gasteiger partial charge in [-0.3, -0.25) is 9.00 Å². The minimum Gasteiger partial charge on any atom is -0.356 e. The molecule has 1 amide bonds. The summed E-state index contributed by atoms with van der Waals surface area (Å²) in [5.74, 6) is -0.130. The summed E-state index contributed by atoms with van der Waals surface area (Å²) in [4.78, 5) is 13.8. The van der Waals surface area contributed by atoms with Crippen LogP contribution in [0.25, 0.3) is 0 Å². The standard InChI is InChI=1S/C8H11ClN2O4S2/c1-16(13)3-2-10-8(12)7-4-6(5-11-7)17(9,14)15/h4-5,11H,2-3H2,1H3,(H,10,12). The maximum atomic E-state index is 11.5. The van der Waals surface area contributed by atoms with Crippen molar-refractivity contribution in [2.75, 3.05) is 18.6 Å². The van der Waals surface area contributed by atoms with Crippen LogP contribution in [0.3, 0.4) is 0 Å². The van der Waals surface area contributed by atoms with Gasteiger partial charge in [-0.2, -0.15) is 0 Å². The predicted octanol–water partition coefficient (Wildman–Crippen LogP) is 0.0505. The lowest BCUT2D eigenvalue weighted by molar-refractivity contribution is 0.0952. The van der Waals surface area contributed by atoms with Crippen molar-refractivity contribution < 1.29 is 17.4 Å². The van der Waals surface area contributed by atoms with Crippen molar-refractivity contribution in [1.29, 1.82) is 0 Å². The molecule has 0 aliphatic rings. The summed E-state index contributed by atoms with van der Waals surface area (Å²) in [6, 6.07) is 1.14. The first-order valence-corrected chi connectivity index (χ1v) is 8.55. The van der Waals surface area contributed by atoms with E-state index in [2.05, 4.69) is 10.3 Å². The molecule has 0 bridgehead atoms. The maximum Gasteiger partial charge on any atom is 0.267 e. The Bertz CT molecular complexity index is 537. The van der Waals surface area contributed by atoms with Gasteiger partial charge in [-0.1, -0.05) is 0 Å². The van der Waals surface area contributed by atoms with Gasteiger partial charge in [0.2, 0.25) is 0 Å². The Morgan fingerprint density at radius 1 is 1.59 bits per heavy atom. The van der Waals surface area contributed by atoms with E-state index in [1.807, 2.05) is 0 Å². The molecule has 9 heteroatoms. The van der Waals surface area contributed by atoms with Gasteiger partial charge >= 0.3 is 0 Å². The molecule has 0 spiro atoms. The summed E-state index contributed by atoms with van der Waals surface area (Å²) < 4.78 is 32.6. The van der Waals surface area contributed by atoms with Crippen molar-refractivity contribution in [2.24, 2.45) is 0 Å².